The summed E-state index contributed by atoms with van der Waals surface area (Å²) in [7, 11) is 0. The monoisotopic (exact) mass is 268 g/mol. The van der Waals surface area contributed by atoms with Crippen LogP contribution in [0.15, 0.2) is 36.4 Å². The molecule has 0 nitrogen and oxygen atoms in total. The van der Waals surface area contributed by atoms with Gasteiger partial charge in [-0.05, 0) is 40.7 Å². The summed E-state index contributed by atoms with van der Waals surface area (Å²) in [6.07, 6.45) is 8.03. The smallest absolute Gasteiger partial charge is 0.0149 e. The molecule has 0 amide bonds. The lowest BCUT2D eigenvalue weighted by molar-refractivity contribution is 0.632. The van der Waals surface area contributed by atoms with E-state index in [4.69, 9.17) is 0 Å². The molecule has 0 saturated heterocycles. The van der Waals surface area contributed by atoms with Gasteiger partial charge in [-0.3, -0.25) is 0 Å². The van der Waals surface area contributed by atoms with Gasteiger partial charge in [0.1, 0.15) is 0 Å². The molecule has 20 heavy (non-hydrogen) atoms. The standard InChI is InChI=1S/C20H28/c1-4-5-6-7-8-11-17-14-18-12-9-10-13-19(18)20(15-17)16(2)3/h9-10,12-16H,4-8,11H2,1-3H3. The Kier molecular flexibility index (Phi) is 5.64. The maximum atomic E-state index is 2.44. The maximum Gasteiger partial charge on any atom is -0.0149 e. The van der Waals surface area contributed by atoms with Crippen LogP contribution in [0.1, 0.15) is 69.9 Å². The molecule has 0 N–H and O–H groups in total. The summed E-state index contributed by atoms with van der Waals surface area (Å²) < 4.78 is 0. The fourth-order valence-electron chi connectivity index (χ4n) is 2.96. The molecule has 2 rings (SSSR count). The predicted octanol–water partition coefficient (Wildman–Crippen LogP) is 6.48. The van der Waals surface area contributed by atoms with Gasteiger partial charge in [-0.2, -0.15) is 0 Å². The van der Waals surface area contributed by atoms with E-state index in [0.29, 0.717) is 5.92 Å². The lowest BCUT2D eigenvalue weighted by Gasteiger charge is -2.13. The lowest BCUT2D eigenvalue weighted by atomic mass is 9.92. The van der Waals surface area contributed by atoms with Crippen LogP contribution in [0.4, 0.5) is 0 Å². The first-order chi connectivity index (χ1) is 9.72. The maximum absolute atomic E-state index is 2.44. The van der Waals surface area contributed by atoms with Crippen LogP contribution in [-0.2, 0) is 6.42 Å². The Labute approximate surface area is 124 Å². The highest BCUT2D eigenvalue weighted by atomic mass is 14.1. The molecular weight excluding hydrogens is 240 g/mol. The van der Waals surface area contributed by atoms with Crippen molar-refractivity contribution in [2.24, 2.45) is 0 Å². The first-order valence-corrected chi connectivity index (χ1v) is 8.24. The van der Waals surface area contributed by atoms with E-state index in [-0.39, 0.29) is 0 Å². The topological polar surface area (TPSA) is 0 Å². The van der Waals surface area contributed by atoms with Crippen LogP contribution in [-0.4, -0.2) is 0 Å². The summed E-state index contributed by atoms with van der Waals surface area (Å²) in [5.74, 6) is 0.597. The summed E-state index contributed by atoms with van der Waals surface area (Å²) in [6.45, 7) is 6.87. The molecule has 0 unspecified atom stereocenters. The van der Waals surface area contributed by atoms with Crippen molar-refractivity contribution in [2.75, 3.05) is 0 Å². The van der Waals surface area contributed by atoms with Crippen molar-refractivity contribution in [2.45, 2.75) is 65.2 Å². The van der Waals surface area contributed by atoms with Gasteiger partial charge in [-0.15, -0.1) is 0 Å². The summed E-state index contributed by atoms with van der Waals surface area (Å²) in [5.41, 5.74) is 3.02. The van der Waals surface area contributed by atoms with E-state index in [9.17, 15) is 0 Å². The number of unbranched alkanes of at least 4 members (excludes halogenated alkanes) is 4. The number of benzene rings is 2. The Morgan fingerprint density at radius 2 is 1.65 bits per heavy atom. The molecule has 0 aromatic heterocycles. The van der Waals surface area contributed by atoms with Gasteiger partial charge in [-0.25, -0.2) is 0 Å². The molecule has 0 aliphatic carbocycles. The molecule has 108 valence electrons. The van der Waals surface area contributed by atoms with Gasteiger partial charge in [0, 0.05) is 0 Å². The Morgan fingerprint density at radius 3 is 2.40 bits per heavy atom. The zero-order chi connectivity index (χ0) is 14.4. The lowest BCUT2D eigenvalue weighted by Crippen LogP contribution is -1.94. The number of hydrogen-bond acceptors (Lipinski definition) is 0. The first-order valence-electron chi connectivity index (χ1n) is 8.24. The predicted molar refractivity (Wildman–Crippen MR) is 90.5 cm³/mol. The van der Waals surface area contributed by atoms with Crippen molar-refractivity contribution in [1.82, 2.24) is 0 Å². The Hall–Kier alpha value is -1.30. The molecule has 0 heteroatoms. The molecule has 0 fully saturated rings. The van der Waals surface area contributed by atoms with Crippen LogP contribution in [0.25, 0.3) is 10.8 Å². The van der Waals surface area contributed by atoms with Gasteiger partial charge in [-0.1, -0.05) is 82.9 Å². The minimum atomic E-state index is 0.597. The van der Waals surface area contributed by atoms with Gasteiger partial charge in [0.15, 0.2) is 0 Å². The van der Waals surface area contributed by atoms with Crippen molar-refractivity contribution in [3.8, 4) is 0 Å². The second kappa shape index (κ2) is 7.47. The molecule has 2 aromatic rings. The molecule has 2 aromatic carbocycles. The van der Waals surface area contributed by atoms with Crippen molar-refractivity contribution in [3.63, 3.8) is 0 Å². The van der Waals surface area contributed by atoms with E-state index in [1.807, 2.05) is 0 Å². The normalized spacial score (nSPS) is 11.4. The first kappa shape index (κ1) is 15.1. The van der Waals surface area contributed by atoms with Crippen LogP contribution in [0.3, 0.4) is 0 Å². The minimum Gasteiger partial charge on any atom is -0.0654 e. The van der Waals surface area contributed by atoms with Crippen LogP contribution < -0.4 is 0 Å². The highest BCUT2D eigenvalue weighted by molar-refractivity contribution is 5.86. The molecule has 0 aliphatic heterocycles. The van der Waals surface area contributed by atoms with E-state index in [2.05, 4.69) is 57.2 Å². The number of fused-ring (bicyclic) bond motifs is 1. The van der Waals surface area contributed by atoms with Gasteiger partial charge in [0.05, 0.1) is 0 Å². The average Bonchev–Trinajstić information content (AvgIpc) is 2.46. The average molecular weight is 268 g/mol. The third kappa shape index (κ3) is 3.85. The molecule has 0 radical (unpaired) electrons. The second-order valence-corrected chi connectivity index (χ2v) is 6.23. The van der Waals surface area contributed by atoms with Gasteiger partial charge >= 0.3 is 0 Å². The summed E-state index contributed by atoms with van der Waals surface area (Å²) in [5, 5.41) is 2.83. The molecule has 0 heterocycles. The van der Waals surface area contributed by atoms with E-state index in [1.165, 1.54) is 60.4 Å². The Balaban J connectivity index is 2.13. The fraction of sp³-hybridized carbons (Fsp3) is 0.500. The van der Waals surface area contributed by atoms with Gasteiger partial charge < -0.3 is 0 Å². The number of hydrogen-bond donors (Lipinski definition) is 0. The highest BCUT2D eigenvalue weighted by Crippen LogP contribution is 2.27. The number of aryl methyl sites for hydroxylation is 1. The zero-order valence-electron chi connectivity index (χ0n) is 13.3. The molecule has 0 bridgehead atoms. The quantitative estimate of drug-likeness (QED) is 0.504. The molecular formula is C20H28. The molecule has 0 spiro atoms. The third-order valence-corrected chi connectivity index (χ3v) is 4.14. The van der Waals surface area contributed by atoms with Crippen molar-refractivity contribution < 1.29 is 0 Å². The van der Waals surface area contributed by atoms with Gasteiger partial charge in [0.2, 0.25) is 0 Å². The van der Waals surface area contributed by atoms with Crippen molar-refractivity contribution >= 4 is 10.8 Å². The summed E-state index contributed by atoms with van der Waals surface area (Å²) >= 11 is 0. The van der Waals surface area contributed by atoms with Crippen molar-refractivity contribution in [3.05, 3.63) is 47.5 Å². The summed E-state index contributed by atoms with van der Waals surface area (Å²) in [4.78, 5) is 0. The van der Waals surface area contributed by atoms with Crippen LogP contribution in [0.2, 0.25) is 0 Å². The van der Waals surface area contributed by atoms with E-state index < -0.39 is 0 Å². The Bertz CT molecular complexity index is 537. The largest absolute Gasteiger partial charge is 0.0654 e. The molecule has 0 atom stereocenters. The number of rotatable bonds is 7. The molecule has 0 saturated carbocycles. The SMILES string of the molecule is CCCCCCCc1cc(C(C)C)c2ccccc2c1. The van der Waals surface area contributed by atoms with Crippen LogP contribution >= 0.6 is 0 Å². The van der Waals surface area contributed by atoms with E-state index >= 15 is 0 Å². The summed E-state index contributed by atoms with van der Waals surface area (Å²) in [6, 6.07) is 13.6. The minimum absolute atomic E-state index is 0.597. The molecule has 0 aliphatic rings. The van der Waals surface area contributed by atoms with Crippen LogP contribution in [0.5, 0.6) is 0 Å². The van der Waals surface area contributed by atoms with Gasteiger partial charge in [0.25, 0.3) is 0 Å². The van der Waals surface area contributed by atoms with E-state index in [1.54, 1.807) is 0 Å². The Morgan fingerprint density at radius 1 is 0.900 bits per heavy atom. The zero-order valence-corrected chi connectivity index (χ0v) is 13.3. The second-order valence-electron chi connectivity index (χ2n) is 6.23. The van der Waals surface area contributed by atoms with E-state index in [0.717, 1.165) is 0 Å². The van der Waals surface area contributed by atoms with Crippen molar-refractivity contribution in [1.29, 1.82) is 0 Å². The van der Waals surface area contributed by atoms with Crippen LogP contribution in [0, 0.1) is 0 Å². The highest BCUT2D eigenvalue weighted by Gasteiger charge is 2.07. The fourth-order valence-corrected chi connectivity index (χ4v) is 2.96. The third-order valence-electron chi connectivity index (χ3n) is 4.14.